The number of carboxylic acids is 1. The number of nitrogens with zero attached hydrogens (tertiary/aromatic N) is 2. The molecule has 0 aliphatic carbocycles. The van der Waals surface area contributed by atoms with Crippen LogP contribution in [0.3, 0.4) is 0 Å². The fourth-order valence-electron chi connectivity index (χ4n) is 1.24. The summed E-state index contributed by atoms with van der Waals surface area (Å²) in [6.07, 6.45) is 2.78. The van der Waals surface area contributed by atoms with E-state index in [4.69, 9.17) is 9.52 Å². The Morgan fingerprint density at radius 1 is 1.50 bits per heavy atom. The van der Waals surface area contributed by atoms with Crippen LogP contribution in [0.25, 0.3) is 0 Å². The highest BCUT2D eigenvalue weighted by molar-refractivity contribution is 7.99. The SMILES string of the molecule is O=C(O)c1cc([N+](=O)[O-])ccc1Sc1ncco1. The summed E-state index contributed by atoms with van der Waals surface area (Å²) in [6.45, 7) is 0. The Morgan fingerprint density at radius 3 is 2.83 bits per heavy atom. The van der Waals surface area contributed by atoms with Crippen LogP contribution in [0.1, 0.15) is 10.4 Å². The first kappa shape index (κ1) is 12.1. The first-order valence-electron chi connectivity index (χ1n) is 4.67. The van der Waals surface area contributed by atoms with Crippen LogP contribution >= 0.6 is 11.8 Å². The van der Waals surface area contributed by atoms with Crippen LogP contribution < -0.4 is 0 Å². The van der Waals surface area contributed by atoms with E-state index in [0.717, 1.165) is 17.8 Å². The van der Waals surface area contributed by atoms with E-state index in [2.05, 4.69) is 4.98 Å². The van der Waals surface area contributed by atoms with Crippen LogP contribution in [-0.4, -0.2) is 21.0 Å². The molecule has 0 fully saturated rings. The molecule has 2 aromatic rings. The second-order valence-corrected chi connectivity index (χ2v) is 4.14. The van der Waals surface area contributed by atoms with Gasteiger partial charge in [-0.05, 0) is 17.8 Å². The van der Waals surface area contributed by atoms with Gasteiger partial charge in [0.2, 0.25) is 0 Å². The molecule has 8 heteroatoms. The average molecular weight is 266 g/mol. The molecular formula is C10H6N2O5S. The molecule has 0 saturated carbocycles. The highest BCUT2D eigenvalue weighted by atomic mass is 32.2. The zero-order valence-corrected chi connectivity index (χ0v) is 9.59. The maximum absolute atomic E-state index is 11.0. The lowest BCUT2D eigenvalue weighted by atomic mass is 10.2. The number of non-ortho nitro benzene ring substituents is 1. The Balaban J connectivity index is 2.40. The molecule has 1 aromatic carbocycles. The van der Waals surface area contributed by atoms with E-state index in [1.54, 1.807) is 0 Å². The van der Waals surface area contributed by atoms with Gasteiger partial charge in [0.1, 0.15) is 6.26 Å². The summed E-state index contributed by atoms with van der Waals surface area (Å²) in [7, 11) is 0. The summed E-state index contributed by atoms with van der Waals surface area (Å²) in [5, 5.41) is 19.9. The van der Waals surface area contributed by atoms with Crippen molar-refractivity contribution in [1.82, 2.24) is 4.98 Å². The molecule has 7 nitrogen and oxygen atoms in total. The number of carboxylic acid groups (broad SMARTS) is 1. The molecule has 1 aromatic heterocycles. The number of rotatable bonds is 4. The van der Waals surface area contributed by atoms with Crippen LogP contribution in [0.4, 0.5) is 5.69 Å². The summed E-state index contributed by atoms with van der Waals surface area (Å²) in [6, 6.07) is 3.60. The molecule has 0 saturated heterocycles. The summed E-state index contributed by atoms with van der Waals surface area (Å²) in [5.74, 6) is -1.24. The topological polar surface area (TPSA) is 106 Å². The lowest BCUT2D eigenvalue weighted by Crippen LogP contribution is -2.00. The van der Waals surface area contributed by atoms with Crippen LogP contribution in [0.5, 0.6) is 0 Å². The van der Waals surface area contributed by atoms with Crippen molar-refractivity contribution in [3.63, 3.8) is 0 Å². The lowest BCUT2D eigenvalue weighted by molar-refractivity contribution is -0.384. The van der Waals surface area contributed by atoms with Gasteiger partial charge >= 0.3 is 5.97 Å². The third kappa shape index (κ3) is 2.48. The minimum Gasteiger partial charge on any atom is -0.478 e. The molecule has 1 N–H and O–H groups in total. The summed E-state index contributed by atoms with van der Waals surface area (Å²) in [5.41, 5.74) is -0.434. The van der Waals surface area contributed by atoms with Gasteiger partial charge in [-0.3, -0.25) is 10.1 Å². The van der Waals surface area contributed by atoms with Gasteiger partial charge in [-0.2, -0.15) is 0 Å². The maximum atomic E-state index is 11.0. The van der Waals surface area contributed by atoms with E-state index in [0.29, 0.717) is 4.90 Å². The molecule has 0 atom stereocenters. The second kappa shape index (κ2) is 4.88. The smallest absolute Gasteiger partial charge is 0.337 e. The number of nitro benzene ring substituents is 1. The Bertz CT molecular complexity index is 596. The summed E-state index contributed by atoms with van der Waals surface area (Å²) >= 11 is 0.988. The van der Waals surface area contributed by atoms with Gasteiger partial charge in [0, 0.05) is 17.0 Å². The normalized spacial score (nSPS) is 10.2. The predicted molar refractivity (Wildman–Crippen MR) is 60.7 cm³/mol. The summed E-state index contributed by atoms with van der Waals surface area (Å²) in [4.78, 5) is 25.1. The van der Waals surface area contributed by atoms with Gasteiger partial charge in [-0.25, -0.2) is 9.78 Å². The van der Waals surface area contributed by atoms with Gasteiger partial charge in [-0.15, -0.1) is 0 Å². The van der Waals surface area contributed by atoms with Gasteiger partial charge < -0.3 is 9.52 Å². The maximum Gasteiger partial charge on any atom is 0.337 e. The molecule has 0 aliphatic rings. The van der Waals surface area contributed by atoms with Crippen LogP contribution in [0, 0.1) is 10.1 Å². The van der Waals surface area contributed by atoms with Gasteiger partial charge in [0.05, 0.1) is 16.7 Å². The van der Waals surface area contributed by atoms with Crippen LogP contribution in [0.15, 0.2) is 45.2 Å². The van der Waals surface area contributed by atoms with Crippen molar-refractivity contribution in [3.8, 4) is 0 Å². The molecule has 92 valence electrons. The third-order valence-corrected chi connectivity index (χ3v) is 2.96. The average Bonchev–Trinajstić information content (AvgIpc) is 2.81. The number of hydrogen-bond acceptors (Lipinski definition) is 6. The Kier molecular flexibility index (Phi) is 3.28. The number of hydrogen-bond donors (Lipinski definition) is 1. The van der Waals surface area contributed by atoms with Crippen molar-refractivity contribution in [2.45, 2.75) is 10.1 Å². The molecule has 0 radical (unpaired) electrons. The lowest BCUT2D eigenvalue weighted by Gasteiger charge is -2.02. The number of carbonyl (C=O) groups is 1. The Labute approximate surface area is 105 Å². The quantitative estimate of drug-likeness (QED) is 0.668. The Hall–Kier alpha value is -2.35. The molecule has 0 bridgehead atoms. The van der Waals surface area contributed by atoms with Crippen molar-refractivity contribution < 1.29 is 19.2 Å². The molecular weight excluding hydrogens is 260 g/mol. The van der Waals surface area contributed by atoms with E-state index in [1.165, 1.54) is 24.6 Å². The number of nitro groups is 1. The minimum absolute atomic E-state index is 0.160. The fourth-order valence-corrected chi connectivity index (χ4v) is 2.04. The van der Waals surface area contributed by atoms with Crippen molar-refractivity contribution in [2.75, 3.05) is 0 Å². The summed E-state index contributed by atoms with van der Waals surface area (Å²) < 4.78 is 4.97. The van der Waals surface area contributed by atoms with Crippen molar-refractivity contribution >= 4 is 23.4 Å². The fraction of sp³-hybridized carbons (Fsp3) is 0. The van der Waals surface area contributed by atoms with Crippen molar-refractivity contribution in [2.24, 2.45) is 0 Å². The van der Waals surface area contributed by atoms with Gasteiger partial charge in [-0.1, -0.05) is 0 Å². The third-order valence-electron chi connectivity index (χ3n) is 2.01. The zero-order valence-electron chi connectivity index (χ0n) is 8.77. The van der Waals surface area contributed by atoms with Gasteiger partial charge in [0.15, 0.2) is 0 Å². The number of oxazole rings is 1. The second-order valence-electron chi connectivity index (χ2n) is 3.14. The minimum atomic E-state index is -1.24. The molecule has 2 rings (SSSR count). The van der Waals surface area contributed by atoms with Gasteiger partial charge in [0.25, 0.3) is 10.9 Å². The van der Waals surface area contributed by atoms with E-state index in [1.807, 2.05) is 0 Å². The first-order valence-corrected chi connectivity index (χ1v) is 5.48. The standard InChI is InChI=1S/C10H6N2O5S/c13-9(14)7-5-6(12(15)16)1-2-8(7)18-10-11-3-4-17-10/h1-5H,(H,13,14). The zero-order chi connectivity index (χ0) is 13.1. The van der Waals surface area contributed by atoms with E-state index in [9.17, 15) is 14.9 Å². The van der Waals surface area contributed by atoms with Crippen molar-refractivity contribution in [1.29, 1.82) is 0 Å². The monoisotopic (exact) mass is 266 g/mol. The predicted octanol–water partition coefficient (Wildman–Crippen LogP) is 2.43. The molecule has 1 heterocycles. The molecule has 0 unspecified atom stereocenters. The molecule has 0 spiro atoms. The molecule has 0 amide bonds. The van der Waals surface area contributed by atoms with E-state index < -0.39 is 10.9 Å². The number of benzene rings is 1. The van der Waals surface area contributed by atoms with E-state index in [-0.39, 0.29) is 16.5 Å². The molecule has 18 heavy (non-hydrogen) atoms. The number of aromatic carboxylic acids is 1. The number of aromatic nitrogens is 1. The van der Waals surface area contributed by atoms with E-state index >= 15 is 0 Å². The first-order chi connectivity index (χ1) is 8.58. The highest BCUT2D eigenvalue weighted by Gasteiger charge is 2.17. The molecule has 0 aliphatic heterocycles. The van der Waals surface area contributed by atoms with Crippen LogP contribution in [-0.2, 0) is 0 Å². The largest absolute Gasteiger partial charge is 0.478 e. The van der Waals surface area contributed by atoms with Crippen molar-refractivity contribution in [3.05, 3.63) is 46.3 Å². The Morgan fingerprint density at radius 2 is 2.28 bits per heavy atom. The highest BCUT2D eigenvalue weighted by Crippen LogP contribution is 2.31. The van der Waals surface area contributed by atoms with Crippen LogP contribution in [0.2, 0.25) is 0 Å².